The van der Waals surface area contributed by atoms with Crippen LogP contribution in [0.1, 0.15) is 52.0 Å². The summed E-state index contributed by atoms with van der Waals surface area (Å²) in [5.41, 5.74) is 2.11. The average Bonchev–Trinajstić information content (AvgIpc) is 3.27. The summed E-state index contributed by atoms with van der Waals surface area (Å²) in [6, 6.07) is 15.6. The number of hydrogen-bond donors (Lipinski definition) is 0. The number of nitrogens with zero attached hydrogens (tertiary/aromatic N) is 2. The van der Waals surface area contributed by atoms with Crippen LogP contribution in [0.15, 0.2) is 53.0 Å². The van der Waals surface area contributed by atoms with Crippen molar-refractivity contribution in [1.82, 2.24) is 9.80 Å². The van der Waals surface area contributed by atoms with E-state index in [-0.39, 0.29) is 30.3 Å². The van der Waals surface area contributed by atoms with Gasteiger partial charge in [0.25, 0.3) is 11.8 Å². The molecule has 0 radical (unpaired) electrons. The van der Waals surface area contributed by atoms with Gasteiger partial charge in [-0.3, -0.25) is 19.3 Å². The maximum atomic E-state index is 12.8. The predicted molar refractivity (Wildman–Crippen MR) is 114 cm³/mol. The molecule has 1 atom stereocenters. The van der Waals surface area contributed by atoms with Crippen molar-refractivity contribution in [3.8, 4) is 0 Å². The van der Waals surface area contributed by atoms with Gasteiger partial charge < -0.3 is 4.90 Å². The Labute approximate surface area is 178 Å². The highest BCUT2D eigenvalue weighted by molar-refractivity contribution is 9.10. The SMILES string of the molecule is O=C1c2ccc(Br)cc2C(=O)N1CCCC(=O)N1CCCC1Cc1ccccc1. The number of imide groups is 1. The zero-order valence-corrected chi connectivity index (χ0v) is 17.7. The lowest BCUT2D eigenvalue weighted by Gasteiger charge is -2.25. The van der Waals surface area contributed by atoms with Gasteiger partial charge in [-0.05, 0) is 49.4 Å². The third-order valence-corrected chi connectivity index (χ3v) is 6.21. The molecule has 2 aromatic carbocycles. The third kappa shape index (κ3) is 4.13. The van der Waals surface area contributed by atoms with Crippen LogP contribution >= 0.6 is 15.9 Å². The Bertz CT molecular complexity index is 944. The molecule has 5 nitrogen and oxygen atoms in total. The van der Waals surface area contributed by atoms with Crippen molar-refractivity contribution in [2.24, 2.45) is 0 Å². The maximum absolute atomic E-state index is 12.8. The highest BCUT2D eigenvalue weighted by Gasteiger charge is 2.35. The second kappa shape index (κ2) is 8.49. The number of halogens is 1. The molecule has 4 rings (SSSR count). The summed E-state index contributed by atoms with van der Waals surface area (Å²) >= 11 is 3.34. The molecule has 3 amide bonds. The number of amides is 3. The molecule has 150 valence electrons. The van der Waals surface area contributed by atoms with E-state index in [1.807, 2.05) is 23.1 Å². The van der Waals surface area contributed by atoms with E-state index in [1.165, 1.54) is 10.5 Å². The molecule has 0 aliphatic carbocycles. The van der Waals surface area contributed by atoms with Crippen LogP contribution in [0.5, 0.6) is 0 Å². The summed E-state index contributed by atoms with van der Waals surface area (Å²) < 4.78 is 0.771. The van der Waals surface area contributed by atoms with Gasteiger partial charge in [0.05, 0.1) is 11.1 Å². The summed E-state index contributed by atoms with van der Waals surface area (Å²) in [5, 5.41) is 0. The normalized spacial score (nSPS) is 18.4. The summed E-state index contributed by atoms with van der Waals surface area (Å²) in [7, 11) is 0. The zero-order chi connectivity index (χ0) is 20.4. The zero-order valence-electron chi connectivity index (χ0n) is 16.1. The molecule has 0 N–H and O–H groups in total. The molecule has 2 heterocycles. The van der Waals surface area contributed by atoms with Crippen molar-refractivity contribution in [1.29, 1.82) is 0 Å². The monoisotopic (exact) mass is 454 g/mol. The Kier molecular flexibility index (Phi) is 5.81. The number of fused-ring (bicyclic) bond motifs is 1. The average molecular weight is 455 g/mol. The van der Waals surface area contributed by atoms with E-state index in [1.54, 1.807) is 18.2 Å². The Hall–Kier alpha value is -2.47. The lowest BCUT2D eigenvalue weighted by molar-refractivity contribution is -0.132. The molecule has 2 aliphatic rings. The van der Waals surface area contributed by atoms with E-state index < -0.39 is 0 Å². The fourth-order valence-corrected chi connectivity index (χ4v) is 4.62. The molecule has 29 heavy (non-hydrogen) atoms. The summed E-state index contributed by atoms with van der Waals surface area (Å²) in [4.78, 5) is 41.1. The molecule has 1 saturated heterocycles. The second-order valence-corrected chi connectivity index (χ2v) is 8.54. The Balaban J connectivity index is 1.32. The smallest absolute Gasteiger partial charge is 0.261 e. The van der Waals surface area contributed by atoms with Crippen LogP contribution in [0.4, 0.5) is 0 Å². The first kappa shape index (κ1) is 19.8. The Morgan fingerprint density at radius 2 is 1.79 bits per heavy atom. The van der Waals surface area contributed by atoms with Crippen LogP contribution in [0, 0.1) is 0 Å². The first-order chi connectivity index (χ1) is 14.0. The van der Waals surface area contributed by atoms with Gasteiger partial charge in [-0.15, -0.1) is 0 Å². The van der Waals surface area contributed by atoms with Gasteiger partial charge in [0.2, 0.25) is 5.91 Å². The van der Waals surface area contributed by atoms with Crippen LogP contribution in [-0.4, -0.2) is 46.7 Å². The van der Waals surface area contributed by atoms with Crippen LogP contribution in [0.3, 0.4) is 0 Å². The minimum absolute atomic E-state index is 0.114. The molecule has 0 saturated carbocycles. The summed E-state index contributed by atoms with van der Waals surface area (Å²) in [5.74, 6) is -0.433. The van der Waals surface area contributed by atoms with Crippen molar-refractivity contribution < 1.29 is 14.4 Å². The van der Waals surface area contributed by atoms with Gasteiger partial charge in [0.15, 0.2) is 0 Å². The van der Waals surface area contributed by atoms with E-state index in [0.717, 1.165) is 30.3 Å². The van der Waals surface area contributed by atoms with Crippen LogP contribution in [-0.2, 0) is 11.2 Å². The van der Waals surface area contributed by atoms with Gasteiger partial charge in [-0.2, -0.15) is 0 Å². The molecular weight excluding hydrogens is 432 g/mol. The second-order valence-electron chi connectivity index (χ2n) is 7.63. The van der Waals surface area contributed by atoms with Crippen molar-refractivity contribution >= 4 is 33.7 Å². The molecule has 1 unspecified atom stereocenters. The Morgan fingerprint density at radius 3 is 2.59 bits per heavy atom. The minimum Gasteiger partial charge on any atom is -0.339 e. The van der Waals surface area contributed by atoms with Gasteiger partial charge in [-0.25, -0.2) is 0 Å². The minimum atomic E-state index is -0.276. The molecule has 1 fully saturated rings. The summed E-state index contributed by atoms with van der Waals surface area (Å²) in [6.45, 7) is 1.06. The van der Waals surface area contributed by atoms with E-state index in [0.29, 0.717) is 24.0 Å². The number of rotatable bonds is 6. The van der Waals surface area contributed by atoms with Crippen molar-refractivity contribution in [3.05, 3.63) is 69.7 Å². The van der Waals surface area contributed by atoms with Gasteiger partial charge in [0.1, 0.15) is 0 Å². The number of benzene rings is 2. The maximum Gasteiger partial charge on any atom is 0.261 e. The largest absolute Gasteiger partial charge is 0.339 e. The number of hydrogen-bond acceptors (Lipinski definition) is 3. The highest BCUT2D eigenvalue weighted by Crippen LogP contribution is 2.27. The van der Waals surface area contributed by atoms with Crippen molar-refractivity contribution in [3.63, 3.8) is 0 Å². The van der Waals surface area contributed by atoms with E-state index in [2.05, 4.69) is 28.1 Å². The number of likely N-dealkylation sites (tertiary alicyclic amines) is 1. The predicted octanol–water partition coefficient (Wildman–Crippen LogP) is 4.06. The van der Waals surface area contributed by atoms with Crippen molar-refractivity contribution in [2.45, 2.75) is 38.1 Å². The molecule has 0 bridgehead atoms. The van der Waals surface area contributed by atoms with Crippen LogP contribution in [0.25, 0.3) is 0 Å². The van der Waals surface area contributed by atoms with Gasteiger partial charge in [-0.1, -0.05) is 46.3 Å². The fourth-order valence-electron chi connectivity index (χ4n) is 4.26. The molecule has 6 heteroatoms. The van der Waals surface area contributed by atoms with Crippen molar-refractivity contribution in [2.75, 3.05) is 13.1 Å². The highest BCUT2D eigenvalue weighted by atomic mass is 79.9. The molecule has 2 aromatic rings. The lowest BCUT2D eigenvalue weighted by atomic mass is 10.0. The number of carbonyl (C=O) groups excluding carboxylic acids is 3. The van der Waals surface area contributed by atoms with E-state index in [4.69, 9.17) is 0 Å². The van der Waals surface area contributed by atoms with Gasteiger partial charge >= 0.3 is 0 Å². The van der Waals surface area contributed by atoms with E-state index >= 15 is 0 Å². The van der Waals surface area contributed by atoms with Gasteiger partial charge in [0, 0.05) is 30.0 Å². The molecule has 0 spiro atoms. The van der Waals surface area contributed by atoms with Crippen LogP contribution in [0.2, 0.25) is 0 Å². The van der Waals surface area contributed by atoms with E-state index in [9.17, 15) is 14.4 Å². The quantitative estimate of drug-likeness (QED) is 0.618. The molecule has 0 aromatic heterocycles. The fraction of sp³-hybridized carbons (Fsp3) is 0.348. The van der Waals surface area contributed by atoms with Crippen LogP contribution < -0.4 is 0 Å². The first-order valence-corrected chi connectivity index (χ1v) is 10.8. The standard InChI is InChI=1S/C23H23BrN2O3/c24-17-10-11-19-20(15-17)23(29)26(22(19)28)13-5-9-21(27)25-12-4-8-18(25)14-16-6-2-1-3-7-16/h1-3,6-7,10-11,15,18H,4-5,8-9,12-14H2. The summed E-state index contributed by atoms with van der Waals surface area (Å²) in [6.07, 6.45) is 3.76. The molecular formula is C23H23BrN2O3. The first-order valence-electron chi connectivity index (χ1n) is 10.0. The molecule has 2 aliphatic heterocycles. The Morgan fingerprint density at radius 1 is 1.03 bits per heavy atom. The lowest BCUT2D eigenvalue weighted by Crippen LogP contribution is -2.37. The topological polar surface area (TPSA) is 57.7 Å². The third-order valence-electron chi connectivity index (χ3n) is 5.72. The number of carbonyl (C=O) groups is 3.